The van der Waals surface area contributed by atoms with E-state index in [0.717, 1.165) is 44.3 Å². The molecule has 270 valence electrons. The molecule has 1 aliphatic rings. The molecule has 3 nitrogen and oxygen atoms in total. The monoisotopic (exact) mass is 738 g/mol. The van der Waals surface area contributed by atoms with Crippen molar-refractivity contribution >= 4 is 65.6 Å². The number of hydrogen-bond acceptors (Lipinski definition) is 1. The molecular formula is C55H34N2O. The third-order valence-corrected chi connectivity index (χ3v) is 12.8. The van der Waals surface area contributed by atoms with Gasteiger partial charge in [-0.1, -0.05) is 146 Å². The number of para-hydroxylation sites is 3. The second kappa shape index (κ2) is 11.7. The van der Waals surface area contributed by atoms with E-state index in [1.165, 1.54) is 66.0 Å². The molecule has 13 rings (SSSR count). The molecule has 0 saturated carbocycles. The Hall–Kier alpha value is -7.62. The van der Waals surface area contributed by atoms with E-state index in [1.807, 2.05) is 6.07 Å². The maximum atomic E-state index is 6.47. The molecule has 58 heavy (non-hydrogen) atoms. The van der Waals surface area contributed by atoms with Crippen LogP contribution < -0.4 is 0 Å². The molecular weight excluding hydrogens is 705 g/mol. The first-order valence-electron chi connectivity index (χ1n) is 20.0. The van der Waals surface area contributed by atoms with Crippen LogP contribution in [0.2, 0.25) is 0 Å². The third kappa shape index (κ3) is 4.07. The molecule has 3 heteroatoms. The van der Waals surface area contributed by atoms with Crippen molar-refractivity contribution in [3.63, 3.8) is 0 Å². The maximum Gasteiger partial charge on any atom is 0.137 e. The van der Waals surface area contributed by atoms with Gasteiger partial charge in [0.25, 0.3) is 0 Å². The highest BCUT2D eigenvalue weighted by Crippen LogP contribution is 2.56. The van der Waals surface area contributed by atoms with Gasteiger partial charge in [-0.25, -0.2) is 0 Å². The molecule has 3 aromatic heterocycles. The average molecular weight is 739 g/mol. The zero-order valence-corrected chi connectivity index (χ0v) is 31.4. The second-order valence-electron chi connectivity index (χ2n) is 15.6. The van der Waals surface area contributed by atoms with Crippen LogP contribution in [0.5, 0.6) is 0 Å². The van der Waals surface area contributed by atoms with Gasteiger partial charge in [0.1, 0.15) is 11.2 Å². The highest BCUT2D eigenvalue weighted by Gasteiger charge is 2.46. The van der Waals surface area contributed by atoms with Crippen LogP contribution >= 0.6 is 0 Å². The molecule has 9 aromatic carbocycles. The Morgan fingerprint density at radius 3 is 1.76 bits per heavy atom. The smallest absolute Gasteiger partial charge is 0.137 e. The van der Waals surface area contributed by atoms with E-state index in [1.54, 1.807) is 0 Å². The van der Waals surface area contributed by atoms with Crippen LogP contribution in [-0.2, 0) is 5.41 Å². The first kappa shape index (κ1) is 31.6. The number of aromatic nitrogens is 2. The Morgan fingerprint density at radius 2 is 0.966 bits per heavy atom. The molecule has 0 unspecified atom stereocenters. The summed E-state index contributed by atoms with van der Waals surface area (Å²) in [5.74, 6) is 0. The zero-order valence-electron chi connectivity index (χ0n) is 31.4. The van der Waals surface area contributed by atoms with E-state index in [-0.39, 0.29) is 0 Å². The summed E-state index contributed by atoms with van der Waals surface area (Å²) in [7, 11) is 0. The Bertz CT molecular complexity index is 3570. The fraction of sp³-hybridized carbons (Fsp3) is 0.0182. The predicted molar refractivity (Wildman–Crippen MR) is 240 cm³/mol. The summed E-state index contributed by atoms with van der Waals surface area (Å²) < 4.78 is 11.4. The molecule has 1 aliphatic carbocycles. The van der Waals surface area contributed by atoms with Crippen molar-refractivity contribution in [2.24, 2.45) is 0 Å². The molecule has 0 aliphatic heterocycles. The van der Waals surface area contributed by atoms with Crippen LogP contribution in [0, 0.1) is 0 Å². The van der Waals surface area contributed by atoms with Gasteiger partial charge >= 0.3 is 0 Å². The van der Waals surface area contributed by atoms with Gasteiger partial charge in [0.05, 0.1) is 32.9 Å². The van der Waals surface area contributed by atoms with Gasteiger partial charge in [0.2, 0.25) is 0 Å². The lowest BCUT2D eigenvalue weighted by atomic mass is 9.67. The van der Waals surface area contributed by atoms with Gasteiger partial charge in [-0.2, -0.15) is 0 Å². The summed E-state index contributed by atoms with van der Waals surface area (Å²) in [5.41, 5.74) is 15.9. The standard InChI is InChI=1S/C55H34N2O/c1-4-16-35(17-5-1)55(36-18-6-2-7-19-36)46-25-13-10-22-39(46)40-29-28-38(32-47(40)55)56-48-26-14-11-23-41(48)44-33-45-42-30-31-52-53(43-24-12-15-27-51(43)58-52)54(42)57(50(45)34-49(44)56)37-20-8-3-9-21-37/h1-34H. The lowest BCUT2D eigenvalue weighted by molar-refractivity contribution is 0.669. The first-order valence-corrected chi connectivity index (χ1v) is 20.0. The van der Waals surface area contributed by atoms with Gasteiger partial charge in [0, 0.05) is 38.3 Å². The summed E-state index contributed by atoms with van der Waals surface area (Å²) in [4.78, 5) is 0. The maximum absolute atomic E-state index is 6.47. The van der Waals surface area contributed by atoms with Crippen LogP contribution in [0.15, 0.2) is 211 Å². The van der Waals surface area contributed by atoms with Crippen molar-refractivity contribution in [1.29, 1.82) is 0 Å². The zero-order chi connectivity index (χ0) is 38.0. The SMILES string of the molecule is c1ccc(-n2c3cc4c(cc3c3ccc5oc6ccccc6c5c32)c2ccccc2n4-c2ccc3c(c2)C(c2ccccc2)(c2ccccc2)c2ccccc2-3)cc1. The van der Waals surface area contributed by atoms with E-state index >= 15 is 0 Å². The Kier molecular flexibility index (Phi) is 6.37. The predicted octanol–water partition coefficient (Wildman–Crippen LogP) is 14.1. The third-order valence-electron chi connectivity index (χ3n) is 12.8. The molecule has 0 amide bonds. The lowest BCUT2D eigenvalue weighted by Crippen LogP contribution is -2.28. The van der Waals surface area contributed by atoms with E-state index in [9.17, 15) is 0 Å². The highest BCUT2D eigenvalue weighted by atomic mass is 16.3. The van der Waals surface area contributed by atoms with E-state index in [2.05, 4.69) is 209 Å². The van der Waals surface area contributed by atoms with Crippen LogP contribution in [0.1, 0.15) is 22.3 Å². The Labute approximate surface area is 334 Å². The normalized spacial score (nSPS) is 13.3. The van der Waals surface area contributed by atoms with Gasteiger partial charge in [0.15, 0.2) is 0 Å². The quantitative estimate of drug-likeness (QED) is 0.176. The number of nitrogens with zero attached hydrogens (tertiary/aromatic N) is 2. The molecule has 12 aromatic rings. The highest BCUT2D eigenvalue weighted by molar-refractivity contribution is 6.27. The van der Waals surface area contributed by atoms with Crippen LogP contribution in [0.3, 0.4) is 0 Å². The molecule has 0 saturated heterocycles. The van der Waals surface area contributed by atoms with Crippen LogP contribution in [0.25, 0.3) is 88.1 Å². The Morgan fingerprint density at radius 1 is 0.345 bits per heavy atom. The van der Waals surface area contributed by atoms with Crippen molar-refractivity contribution in [1.82, 2.24) is 9.13 Å². The minimum absolute atomic E-state index is 0.491. The van der Waals surface area contributed by atoms with Gasteiger partial charge < -0.3 is 13.6 Å². The summed E-state index contributed by atoms with van der Waals surface area (Å²) >= 11 is 0. The fourth-order valence-electron chi connectivity index (χ4n) is 10.5. The number of furan rings is 1. The molecule has 3 heterocycles. The largest absolute Gasteiger partial charge is 0.456 e. The van der Waals surface area contributed by atoms with Gasteiger partial charge in [-0.3, -0.25) is 0 Å². The topological polar surface area (TPSA) is 23.0 Å². The number of hydrogen-bond donors (Lipinski definition) is 0. The summed E-state index contributed by atoms with van der Waals surface area (Å²) in [6, 6.07) is 75.6. The number of benzene rings is 9. The lowest BCUT2D eigenvalue weighted by Gasteiger charge is -2.34. The first-order chi connectivity index (χ1) is 28.8. The molecule has 0 radical (unpaired) electrons. The molecule has 0 bridgehead atoms. The summed E-state index contributed by atoms with van der Waals surface area (Å²) in [5, 5.41) is 7.16. The van der Waals surface area contributed by atoms with Crippen molar-refractivity contribution < 1.29 is 4.42 Å². The van der Waals surface area contributed by atoms with E-state index in [4.69, 9.17) is 4.42 Å². The molecule has 0 spiro atoms. The second-order valence-corrected chi connectivity index (χ2v) is 15.6. The van der Waals surface area contributed by atoms with Crippen molar-refractivity contribution in [3.8, 4) is 22.5 Å². The van der Waals surface area contributed by atoms with Crippen LogP contribution in [0.4, 0.5) is 0 Å². The van der Waals surface area contributed by atoms with Crippen molar-refractivity contribution in [3.05, 3.63) is 229 Å². The summed E-state index contributed by atoms with van der Waals surface area (Å²) in [6.07, 6.45) is 0. The molecule has 0 fully saturated rings. The molecule has 0 atom stereocenters. The van der Waals surface area contributed by atoms with E-state index in [0.29, 0.717) is 0 Å². The van der Waals surface area contributed by atoms with Gasteiger partial charge in [-0.05, 0) is 94.0 Å². The van der Waals surface area contributed by atoms with Crippen LogP contribution in [-0.4, -0.2) is 9.13 Å². The number of rotatable bonds is 4. The number of fused-ring (bicyclic) bond motifs is 13. The van der Waals surface area contributed by atoms with Gasteiger partial charge in [-0.15, -0.1) is 0 Å². The average Bonchev–Trinajstić information content (AvgIpc) is 4.01. The fourth-order valence-corrected chi connectivity index (χ4v) is 10.5. The minimum Gasteiger partial charge on any atom is -0.456 e. The Balaban J connectivity index is 1.16. The molecule has 0 N–H and O–H groups in total. The van der Waals surface area contributed by atoms with E-state index < -0.39 is 5.41 Å². The van der Waals surface area contributed by atoms with Crippen molar-refractivity contribution in [2.75, 3.05) is 0 Å². The minimum atomic E-state index is -0.491. The van der Waals surface area contributed by atoms with Crippen molar-refractivity contribution in [2.45, 2.75) is 5.41 Å². The summed E-state index contributed by atoms with van der Waals surface area (Å²) in [6.45, 7) is 0.